The van der Waals surface area contributed by atoms with E-state index in [0.717, 1.165) is 22.1 Å². The van der Waals surface area contributed by atoms with Crippen molar-refractivity contribution in [1.29, 1.82) is 0 Å². The summed E-state index contributed by atoms with van der Waals surface area (Å²) in [6, 6.07) is 15.4. The van der Waals surface area contributed by atoms with Crippen molar-refractivity contribution >= 4 is 23.4 Å². The first-order valence-electron chi connectivity index (χ1n) is 7.04. The molecule has 0 N–H and O–H groups in total. The van der Waals surface area contributed by atoms with Crippen molar-refractivity contribution in [3.63, 3.8) is 0 Å². The molecule has 3 rings (SSSR count). The Bertz CT molecular complexity index is 757. The molecule has 2 aromatic carbocycles. The molecular formula is C17H15ClN2O2S. The molecule has 6 heteroatoms. The molecule has 0 atom stereocenters. The first-order chi connectivity index (χ1) is 11.2. The summed E-state index contributed by atoms with van der Waals surface area (Å²) in [5, 5.41) is 4.77. The maximum absolute atomic E-state index is 5.87. The second-order valence-electron chi connectivity index (χ2n) is 4.86. The number of thioether (sulfide) groups is 1. The van der Waals surface area contributed by atoms with Gasteiger partial charge in [0.25, 0.3) is 5.89 Å². The zero-order valence-corrected chi connectivity index (χ0v) is 14.1. The largest absolute Gasteiger partial charge is 0.497 e. The summed E-state index contributed by atoms with van der Waals surface area (Å²) in [4.78, 5) is 4.42. The van der Waals surface area contributed by atoms with E-state index in [4.69, 9.17) is 20.9 Å². The second-order valence-corrected chi connectivity index (χ2v) is 6.29. The van der Waals surface area contributed by atoms with E-state index >= 15 is 0 Å². The highest BCUT2D eigenvalue weighted by atomic mass is 35.5. The molecule has 0 saturated carbocycles. The number of halogens is 1. The van der Waals surface area contributed by atoms with Gasteiger partial charge in [-0.3, -0.25) is 0 Å². The third-order valence-corrected chi connectivity index (χ3v) is 4.47. The highest BCUT2D eigenvalue weighted by molar-refractivity contribution is 7.97. The molecule has 0 aliphatic carbocycles. The molecule has 0 bridgehead atoms. The standard InChI is InChI=1S/C17H15ClN2O2S/c1-21-15-8-4-13(5-9-15)17-19-16(20-22-17)11-23-10-12-2-6-14(18)7-3-12/h2-9H,10-11H2,1H3. The summed E-state index contributed by atoms with van der Waals surface area (Å²) in [5.41, 5.74) is 2.10. The van der Waals surface area contributed by atoms with Crippen LogP contribution in [0.3, 0.4) is 0 Å². The van der Waals surface area contributed by atoms with Crippen LogP contribution < -0.4 is 4.74 Å². The molecule has 0 spiro atoms. The van der Waals surface area contributed by atoms with Gasteiger partial charge in [0.2, 0.25) is 0 Å². The van der Waals surface area contributed by atoms with Gasteiger partial charge in [-0.15, -0.1) is 11.8 Å². The van der Waals surface area contributed by atoms with Crippen LogP contribution in [0.5, 0.6) is 5.75 Å². The minimum Gasteiger partial charge on any atom is -0.497 e. The summed E-state index contributed by atoms with van der Waals surface area (Å²) in [6.45, 7) is 0. The first-order valence-corrected chi connectivity index (χ1v) is 8.57. The van der Waals surface area contributed by atoms with Crippen molar-refractivity contribution in [1.82, 2.24) is 10.1 Å². The molecule has 0 aliphatic heterocycles. The van der Waals surface area contributed by atoms with E-state index in [9.17, 15) is 0 Å². The van der Waals surface area contributed by atoms with Gasteiger partial charge in [-0.1, -0.05) is 28.9 Å². The van der Waals surface area contributed by atoms with Gasteiger partial charge in [-0.25, -0.2) is 0 Å². The number of hydrogen-bond acceptors (Lipinski definition) is 5. The summed E-state index contributed by atoms with van der Waals surface area (Å²) < 4.78 is 10.4. The zero-order valence-electron chi connectivity index (χ0n) is 12.5. The lowest BCUT2D eigenvalue weighted by molar-refractivity contribution is 0.414. The number of hydrogen-bond donors (Lipinski definition) is 0. The Balaban J connectivity index is 1.57. The Kier molecular flexibility index (Phi) is 5.20. The fourth-order valence-corrected chi connectivity index (χ4v) is 2.96. The smallest absolute Gasteiger partial charge is 0.257 e. The summed E-state index contributed by atoms with van der Waals surface area (Å²) in [6.07, 6.45) is 0. The van der Waals surface area contributed by atoms with Gasteiger partial charge in [0.1, 0.15) is 5.75 Å². The average molecular weight is 347 g/mol. The van der Waals surface area contributed by atoms with Crippen LogP contribution in [0.4, 0.5) is 0 Å². The van der Waals surface area contributed by atoms with Gasteiger partial charge in [-0.05, 0) is 42.0 Å². The molecule has 23 heavy (non-hydrogen) atoms. The highest BCUT2D eigenvalue weighted by Crippen LogP contribution is 2.23. The number of methoxy groups -OCH3 is 1. The monoisotopic (exact) mass is 346 g/mol. The van der Waals surface area contributed by atoms with Crippen molar-refractivity contribution < 1.29 is 9.26 Å². The van der Waals surface area contributed by atoms with Crippen LogP contribution in [-0.2, 0) is 11.5 Å². The quantitative estimate of drug-likeness (QED) is 0.639. The first kappa shape index (κ1) is 15.9. The maximum atomic E-state index is 5.87. The van der Waals surface area contributed by atoms with Gasteiger partial charge < -0.3 is 9.26 Å². The number of rotatable bonds is 6. The SMILES string of the molecule is COc1ccc(-c2nc(CSCc3ccc(Cl)cc3)no2)cc1. The molecule has 1 aromatic heterocycles. The average Bonchev–Trinajstić information content (AvgIpc) is 3.06. The molecule has 0 amide bonds. The van der Waals surface area contributed by atoms with E-state index in [1.54, 1.807) is 18.9 Å². The van der Waals surface area contributed by atoms with Gasteiger partial charge in [0.05, 0.1) is 12.9 Å². The van der Waals surface area contributed by atoms with Crippen LogP contribution in [0.15, 0.2) is 53.1 Å². The van der Waals surface area contributed by atoms with Gasteiger partial charge in [0.15, 0.2) is 5.82 Å². The number of ether oxygens (including phenoxy) is 1. The molecule has 0 aliphatic rings. The van der Waals surface area contributed by atoms with Crippen molar-refractivity contribution in [2.75, 3.05) is 7.11 Å². The fraction of sp³-hybridized carbons (Fsp3) is 0.176. The number of nitrogens with zero attached hydrogens (tertiary/aromatic N) is 2. The minimum absolute atomic E-state index is 0.523. The summed E-state index contributed by atoms with van der Waals surface area (Å²) in [5.74, 6) is 3.59. The molecule has 0 fully saturated rings. The maximum Gasteiger partial charge on any atom is 0.257 e. The second kappa shape index (κ2) is 7.53. The number of benzene rings is 2. The van der Waals surface area contributed by atoms with Crippen molar-refractivity contribution in [3.8, 4) is 17.2 Å². The molecule has 0 radical (unpaired) electrons. The van der Waals surface area contributed by atoms with E-state index in [-0.39, 0.29) is 0 Å². The third-order valence-electron chi connectivity index (χ3n) is 3.22. The predicted octanol–water partition coefficient (Wildman–Crippen LogP) is 4.83. The van der Waals surface area contributed by atoms with Crippen LogP contribution in [0.2, 0.25) is 5.02 Å². The summed E-state index contributed by atoms with van der Waals surface area (Å²) >= 11 is 7.61. The Hall–Kier alpha value is -1.98. The zero-order chi connectivity index (χ0) is 16.1. The molecule has 0 unspecified atom stereocenters. The summed E-state index contributed by atoms with van der Waals surface area (Å²) in [7, 11) is 1.64. The lowest BCUT2D eigenvalue weighted by Crippen LogP contribution is -1.86. The Morgan fingerprint density at radius 2 is 1.78 bits per heavy atom. The highest BCUT2D eigenvalue weighted by Gasteiger charge is 2.09. The third kappa shape index (κ3) is 4.27. The van der Waals surface area contributed by atoms with E-state index in [2.05, 4.69) is 10.1 Å². The van der Waals surface area contributed by atoms with Crippen LogP contribution in [0.1, 0.15) is 11.4 Å². The van der Waals surface area contributed by atoms with Crippen LogP contribution in [0, 0.1) is 0 Å². The minimum atomic E-state index is 0.523. The molecule has 4 nitrogen and oxygen atoms in total. The van der Waals surface area contributed by atoms with E-state index in [1.165, 1.54) is 5.56 Å². The Labute approximate surface area is 143 Å². The van der Waals surface area contributed by atoms with Crippen LogP contribution >= 0.6 is 23.4 Å². The molecular weight excluding hydrogens is 332 g/mol. The molecule has 1 heterocycles. The molecule has 0 saturated heterocycles. The van der Waals surface area contributed by atoms with Crippen molar-refractivity contribution in [2.24, 2.45) is 0 Å². The van der Waals surface area contributed by atoms with Crippen LogP contribution in [0.25, 0.3) is 11.5 Å². The molecule has 3 aromatic rings. The van der Waals surface area contributed by atoms with Crippen molar-refractivity contribution in [2.45, 2.75) is 11.5 Å². The van der Waals surface area contributed by atoms with E-state index < -0.39 is 0 Å². The van der Waals surface area contributed by atoms with E-state index in [1.807, 2.05) is 48.5 Å². The predicted molar refractivity (Wildman–Crippen MR) is 92.7 cm³/mol. The fourth-order valence-electron chi connectivity index (χ4n) is 2.00. The van der Waals surface area contributed by atoms with Crippen molar-refractivity contribution in [3.05, 3.63) is 64.9 Å². The van der Waals surface area contributed by atoms with Gasteiger partial charge in [-0.2, -0.15) is 4.98 Å². The Morgan fingerprint density at radius 3 is 2.48 bits per heavy atom. The van der Waals surface area contributed by atoms with E-state index in [0.29, 0.717) is 17.5 Å². The lowest BCUT2D eigenvalue weighted by Gasteiger charge is -1.99. The topological polar surface area (TPSA) is 48.2 Å². The normalized spacial score (nSPS) is 10.7. The lowest BCUT2D eigenvalue weighted by atomic mass is 10.2. The Morgan fingerprint density at radius 1 is 1.04 bits per heavy atom. The van der Waals surface area contributed by atoms with Gasteiger partial charge in [0, 0.05) is 16.3 Å². The number of aromatic nitrogens is 2. The molecule has 118 valence electrons. The van der Waals surface area contributed by atoms with Crippen LogP contribution in [-0.4, -0.2) is 17.3 Å². The van der Waals surface area contributed by atoms with Gasteiger partial charge >= 0.3 is 0 Å².